The highest BCUT2D eigenvalue weighted by Crippen LogP contribution is 2.35. The average molecular weight is 1560 g/mol. The van der Waals surface area contributed by atoms with Crippen molar-refractivity contribution >= 4 is 106 Å². The summed E-state index contributed by atoms with van der Waals surface area (Å²) in [7, 11) is -0.726. The molecule has 4 aromatic heterocycles. The lowest BCUT2D eigenvalue weighted by molar-refractivity contribution is -0.148. The lowest BCUT2D eigenvalue weighted by Gasteiger charge is -2.35. The van der Waals surface area contributed by atoms with E-state index in [9.17, 15) is 59.7 Å². The summed E-state index contributed by atoms with van der Waals surface area (Å²) in [4.78, 5) is 124. The zero-order valence-electron chi connectivity index (χ0n) is 57.8. The fraction of sp³-hybridized carbons (Fsp3) is 0.371. The summed E-state index contributed by atoms with van der Waals surface area (Å²) < 4.78 is 109. The van der Waals surface area contributed by atoms with Crippen molar-refractivity contribution in [2.75, 3.05) is 82.3 Å². The predicted molar refractivity (Wildman–Crippen MR) is 376 cm³/mol. The Kier molecular flexibility index (Phi) is 33.4. The second-order valence-corrected chi connectivity index (χ2v) is 26.3. The van der Waals surface area contributed by atoms with E-state index in [1.54, 1.807) is 16.5 Å². The van der Waals surface area contributed by atoms with Gasteiger partial charge >= 0.3 is 37.4 Å². The summed E-state index contributed by atoms with van der Waals surface area (Å²) in [6, 6.07) is 22.1. The first-order valence-corrected chi connectivity index (χ1v) is 35.0. The summed E-state index contributed by atoms with van der Waals surface area (Å²) in [5.74, 6) is -0.129. The molecule has 1 aliphatic rings. The van der Waals surface area contributed by atoms with Gasteiger partial charge in [-0.05, 0) is 113 Å². The SMILES string of the molecule is CC1COc2ccccc2N1C(=O)C(Cl)Cl.CCNc1nc(Cl)nc(NC(C)C)n1.CCc1ccc(COc2ccc(-n3c(=O)cc(C(F)(F)F)n(C)c3=O)cc2)c(OC(C)C(=O)OC)c1.COc1cc(OC)nc(NC(=O)NS(=O)(=O)c2ncccc2C(=O)N(C)C)n1.O=C(O)CNCP(=O)(O)O. The summed E-state index contributed by atoms with van der Waals surface area (Å²) in [5, 5.41) is 17.8. The van der Waals surface area contributed by atoms with Crippen LogP contribution in [0.3, 0.4) is 0 Å². The molecule has 42 heteroatoms. The molecule has 34 nitrogen and oxygen atoms in total. The Balaban J connectivity index is 0.000000296. The van der Waals surface area contributed by atoms with Gasteiger partial charge in [0.2, 0.25) is 34.9 Å². The number of alkyl halides is 5. The number of methoxy groups -OCH3 is 3. The number of aryl methyl sites for hydroxylation is 1. The molecule has 0 radical (unpaired) electrons. The second kappa shape index (κ2) is 40.2. The number of carbonyl (C=O) groups excluding carboxylic acids is 4. The lowest BCUT2D eigenvalue weighted by Crippen LogP contribution is -2.47. The van der Waals surface area contributed by atoms with E-state index in [0.29, 0.717) is 56.5 Å². The van der Waals surface area contributed by atoms with E-state index in [1.807, 2.05) is 77.1 Å². The van der Waals surface area contributed by atoms with Crippen LogP contribution in [0, 0.1) is 0 Å². The quantitative estimate of drug-likeness (QED) is 0.0183. The topological polar surface area (TPSA) is 441 Å². The third-order valence-electron chi connectivity index (χ3n) is 13.1. The molecule has 7 aromatic rings. The van der Waals surface area contributed by atoms with E-state index in [0.717, 1.165) is 31.3 Å². The summed E-state index contributed by atoms with van der Waals surface area (Å²) >= 11 is 17.0. The molecule has 566 valence electrons. The number of ether oxygens (including phenoxy) is 6. The number of rotatable bonds is 23. The molecule has 3 aromatic carbocycles. The van der Waals surface area contributed by atoms with Crippen LogP contribution in [0.5, 0.6) is 29.0 Å². The Morgan fingerprint density at radius 2 is 1.49 bits per heavy atom. The van der Waals surface area contributed by atoms with E-state index in [2.05, 4.69) is 51.2 Å². The molecular formula is C62H76Cl3F3N15O19PS. The van der Waals surface area contributed by atoms with Gasteiger partial charge < -0.3 is 63.7 Å². The van der Waals surface area contributed by atoms with Gasteiger partial charge in [-0.2, -0.15) is 46.5 Å². The lowest BCUT2D eigenvalue weighted by atomic mass is 10.1. The van der Waals surface area contributed by atoms with Crippen LogP contribution in [0.1, 0.15) is 68.7 Å². The van der Waals surface area contributed by atoms with Crippen molar-refractivity contribution in [3.63, 3.8) is 0 Å². The van der Waals surface area contributed by atoms with Crippen molar-refractivity contribution in [1.82, 2.24) is 54.0 Å². The number of carbonyl (C=O) groups is 5. The standard InChI is InChI=1S/C25H25F3N2O6.C15H18N6O6S.C11H11Cl2NO2.C8H14ClN5.C3H8NO5P/c1-5-16-6-7-17(20(12-16)36-15(2)23(32)34-4)14-35-19-10-8-18(9-11-19)30-22(31)13-21(25(26,27)28)29(3)24(30)33;1-21(2)13(22)9-6-5-7-16-12(9)28(24,25)20-15(23)19-14-17-10(26-3)8-11(18-14)27-4;1-7-6-16-9-5-3-2-4-8(9)14(7)11(15)10(12)13;1-4-10-7-12-6(9)13-8(14-7)11-5(2)3;5-3(6)1-4-2-10(7,8)9/h6-13,15H,5,14H2,1-4H3;5-8H,1-4H3,(H2,17,18,19,20,23);2-5,7,10H,6H2,1H3;5H,4H2,1-3H3,(H2,10,11,12,13,14);4H,1-2H2,(H,5,6)(H2,7,8,9). The molecule has 0 spiro atoms. The molecule has 0 saturated carbocycles. The number of hydrogen-bond donors (Lipinski definition) is 8. The predicted octanol–water partition coefficient (Wildman–Crippen LogP) is 6.91. The number of esters is 1. The third-order valence-corrected chi connectivity index (χ3v) is 15.6. The molecule has 0 fully saturated rings. The Morgan fingerprint density at radius 3 is 2.05 bits per heavy atom. The van der Waals surface area contributed by atoms with E-state index in [4.69, 9.17) is 78.1 Å². The maximum Gasteiger partial charge on any atom is 0.431 e. The number of aliphatic carboxylic acids is 1. The highest BCUT2D eigenvalue weighted by molar-refractivity contribution is 7.90. The van der Waals surface area contributed by atoms with Gasteiger partial charge in [0.15, 0.2) is 16.0 Å². The maximum atomic E-state index is 13.1. The maximum absolute atomic E-state index is 13.1. The number of carboxylic acid groups (broad SMARTS) is 1. The van der Waals surface area contributed by atoms with Crippen molar-refractivity contribution in [2.24, 2.45) is 7.05 Å². The summed E-state index contributed by atoms with van der Waals surface area (Å²) in [5.41, 5.74) is -1.27. The summed E-state index contributed by atoms with van der Waals surface area (Å²) in [6.45, 7) is 12.3. The molecule has 5 heterocycles. The van der Waals surface area contributed by atoms with Crippen LogP contribution in [-0.2, 0) is 60.0 Å². The van der Waals surface area contributed by atoms with Crippen LogP contribution in [0.4, 0.5) is 41.5 Å². The first kappa shape index (κ1) is 86.5. The van der Waals surface area contributed by atoms with Gasteiger partial charge in [-0.1, -0.05) is 54.4 Å². The van der Waals surface area contributed by atoms with E-state index >= 15 is 0 Å². The van der Waals surface area contributed by atoms with Crippen LogP contribution < -0.4 is 65.8 Å². The fourth-order valence-corrected chi connectivity index (χ4v) is 10.2. The molecular weight excluding hydrogens is 1490 g/mol. The second-order valence-electron chi connectivity index (χ2n) is 21.7. The molecule has 0 aliphatic carbocycles. The van der Waals surface area contributed by atoms with Crippen LogP contribution >= 0.6 is 42.4 Å². The molecule has 1 aliphatic heterocycles. The fourth-order valence-electron chi connectivity index (χ4n) is 8.38. The zero-order chi connectivity index (χ0) is 78.0. The van der Waals surface area contributed by atoms with Crippen molar-refractivity contribution in [3.8, 4) is 34.7 Å². The molecule has 4 amide bonds. The monoisotopic (exact) mass is 1560 g/mol. The average Bonchev–Trinajstić information content (AvgIpc) is 0.738. The zero-order valence-corrected chi connectivity index (χ0v) is 61.7. The van der Waals surface area contributed by atoms with Gasteiger partial charge in [0, 0.05) is 51.6 Å². The van der Waals surface area contributed by atoms with Crippen molar-refractivity contribution in [3.05, 3.63) is 146 Å². The smallest absolute Gasteiger partial charge is 0.431 e. The highest BCUT2D eigenvalue weighted by atomic mass is 35.5. The Bertz CT molecular complexity index is 4370. The number of pyridine rings is 1. The number of hydrogen-bond acceptors (Lipinski definition) is 25. The molecule has 2 unspecified atom stereocenters. The van der Waals surface area contributed by atoms with Gasteiger partial charge in [-0.15, -0.1) is 0 Å². The van der Waals surface area contributed by atoms with Gasteiger partial charge in [-0.25, -0.2) is 28.7 Å². The Morgan fingerprint density at radius 1 is 0.856 bits per heavy atom. The number of para-hydroxylation sites is 2. The number of aromatic nitrogens is 8. The van der Waals surface area contributed by atoms with Crippen LogP contribution in [0.2, 0.25) is 5.28 Å². The number of nitrogens with one attached hydrogen (secondary N) is 5. The molecule has 8 rings (SSSR count). The van der Waals surface area contributed by atoms with E-state index in [-0.39, 0.29) is 58.8 Å². The van der Waals surface area contributed by atoms with Gasteiger partial charge in [0.05, 0.1) is 63.2 Å². The van der Waals surface area contributed by atoms with Crippen molar-refractivity contribution < 1.29 is 93.4 Å². The number of urea groups is 1. The van der Waals surface area contributed by atoms with E-state index in [1.165, 1.54) is 89.0 Å². The van der Waals surface area contributed by atoms with Crippen LogP contribution in [0.15, 0.2) is 112 Å². The summed E-state index contributed by atoms with van der Waals surface area (Å²) in [6.07, 6.45) is -4.32. The number of fused-ring (bicyclic) bond motifs is 1. The van der Waals surface area contributed by atoms with Gasteiger partial charge in [0.25, 0.3) is 27.4 Å². The van der Waals surface area contributed by atoms with E-state index < -0.39 is 93.4 Å². The molecule has 104 heavy (non-hydrogen) atoms. The number of sulfonamides is 1. The minimum absolute atomic E-state index is 0.0672. The Labute approximate surface area is 608 Å². The molecule has 8 N–H and O–H groups in total. The molecule has 0 saturated heterocycles. The number of halogens is 6. The first-order chi connectivity index (χ1) is 48.8. The third kappa shape index (κ3) is 27.0. The van der Waals surface area contributed by atoms with Crippen molar-refractivity contribution in [2.45, 2.75) is 88.8 Å². The van der Waals surface area contributed by atoms with Crippen LogP contribution in [0.25, 0.3) is 5.69 Å². The van der Waals surface area contributed by atoms with Crippen molar-refractivity contribution in [1.29, 1.82) is 0 Å². The number of anilines is 4. The number of carboxylic acids is 1. The highest BCUT2D eigenvalue weighted by Gasteiger charge is 2.36. The van der Waals surface area contributed by atoms with Gasteiger partial charge in [-0.3, -0.25) is 38.9 Å². The first-order valence-electron chi connectivity index (χ1n) is 30.5. The minimum atomic E-state index is -4.84. The largest absolute Gasteiger partial charge is 0.489 e. The van der Waals surface area contributed by atoms with Crippen LogP contribution in [-0.4, -0.2) is 181 Å². The number of amides is 4. The normalized spacial score (nSPS) is 12.6. The molecule has 0 bridgehead atoms. The van der Waals surface area contributed by atoms with Gasteiger partial charge in [0.1, 0.15) is 36.2 Å². The number of nitrogens with zero attached hydrogens (tertiary/aromatic N) is 10. The molecule has 2 atom stereocenters. The Hall–Kier alpha value is -9.95. The minimum Gasteiger partial charge on any atom is -0.489 e. The number of benzene rings is 3.